The Morgan fingerprint density at radius 1 is 1.21 bits per heavy atom. The third-order valence-electron chi connectivity index (χ3n) is 5.91. The van der Waals surface area contributed by atoms with Crippen molar-refractivity contribution >= 4 is 21.7 Å². The lowest BCUT2D eigenvalue weighted by molar-refractivity contribution is -0.133. The summed E-state index contributed by atoms with van der Waals surface area (Å²) >= 11 is 0. The highest BCUT2D eigenvalue weighted by molar-refractivity contribution is 7.90. The van der Waals surface area contributed by atoms with Gasteiger partial charge in [-0.15, -0.1) is 0 Å². The van der Waals surface area contributed by atoms with Gasteiger partial charge in [0.1, 0.15) is 22.9 Å². The topological polar surface area (TPSA) is 151 Å². The maximum atomic E-state index is 12.6. The lowest BCUT2D eigenvalue weighted by Crippen LogP contribution is -2.32. The predicted molar refractivity (Wildman–Crippen MR) is 139 cm³/mol. The number of likely N-dealkylation sites (tertiary alicyclic amines) is 1. The Kier molecular flexibility index (Phi) is 8.02. The molecule has 0 bridgehead atoms. The van der Waals surface area contributed by atoms with Crippen molar-refractivity contribution in [3.8, 4) is 28.5 Å². The Hall–Kier alpha value is -3.90. The normalized spacial score (nSPS) is 16.4. The van der Waals surface area contributed by atoms with E-state index in [1.165, 1.54) is 18.3 Å². The van der Waals surface area contributed by atoms with Crippen LogP contribution in [0.5, 0.6) is 17.2 Å². The molecule has 1 aliphatic heterocycles. The minimum absolute atomic E-state index is 0.0735. The van der Waals surface area contributed by atoms with E-state index in [-0.39, 0.29) is 23.4 Å². The van der Waals surface area contributed by atoms with Crippen LogP contribution in [0.1, 0.15) is 30.8 Å². The smallest absolute Gasteiger partial charge is 0.267 e. The van der Waals surface area contributed by atoms with Crippen LogP contribution in [-0.2, 0) is 14.6 Å². The highest BCUT2D eigenvalue weighted by atomic mass is 32.2. The van der Waals surface area contributed by atoms with E-state index in [2.05, 4.69) is 15.3 Å². The number of likely N-dealkylation sites (N-methyl/N-ethyl adjacent to an activating group) is 1. The predicted octanol–water partition coefficient (Wildman–Crippen LogP) is 2.38. The fourth-order valence-electron chi connectivity index (χ4n) is 3.97. The number of H-pyrrole nitrogens is 1. The van der Waals surface area contributed by atoms with Crippen LogP contribution >= 0.6 is 0 Å². The number of aliphatic hydroxyl groups excluding tert-OH is 1. The van der Waals surface area contributed by atoms with Gasteiger partial charge >= 0.3 is 0 Å². The third-order valence-corrected chi connectivity index (χ3v) is 6.91. The van der Waals surface area contributed by atoms with Gasteiger partial charge in [-0.3, -0.25) is 9.59 Å². The van der Waals surface area contributed by atoms with Gasteiger partial charge < -0.3 is 29.8 Å². The lowest BCUT2D eigenvalue weighted by atomic mass is 10.1. The molecule has 12 heteroatoms. The van der Waals surface area contributed by atoms with E-state index in [1.54, 1.807) is 42.2 Å². The standard InChI is InChI=1S/C26H30N4O7S/c1-4-30-10-9-23(26(30)33)37-20-12-17(21-6-7-22(29-21)25(32)28-14-16(2)31)11-19(13-20)36-18-5-8-24(27-15-18)38(3,34)35/h5-8,11-13,15-16,23,29,31H,4,9-10,14H2,1-3H3,(H,28,32)/t16-,23?/m1/s1. The first-order valence-electron chi connectivity index (χ1n) is 12.1. The second kappa shape index (κ2) is 11.2. The van der Waals surface area contributed by atoms with E-state index in [4.69, 9.17) is 9.47 Å². The molecule has 1 aromatic carbocycles. The third kappa shape index (κ3) is 6.50. The molecule has 202 valence electrons. The molecule has 1 aliphatic rings. The number of rotatable bonds is 10. The molecule has 3 heterocycles. The van der Waals surface area contributed by atoms with Gasteiger partial charge in [0.05, 0.1) is 12.3 Å². The number of carbonyl (C=O) groups excluding carboxylic acids is 2. The fraction of sp³-hybridized carbons (Fsp3) is 0.346. The Bertz CT molecular complexity index is 1420. The van der Waals surface area contributed by atoms with Gasteiger partial charge in [0.15, 0.2) is 21.0 Å². The highest BCUT2D eigenvalue weighted by Gasteiger charge is 2.32. The summed E-state index contributed by atoms with van der Waals surface area (Å²) in [7, 11) is -3.45. The Morgan fingerprint density at radius 2 is 1.97 bits per heavy atom. The number of pyridine rings is 1. The summed E-state index contributed by atoms with van der Waals surface area (Å²) in [6, 6.07) is 11.3. The van der Waals surface area contributed by atoms with E-state index < -0.39 is 22.0 Å². The number of aromatic amines is 1. The summed E-state index contributed by atoms with van der Waals surface area (Å²) in [6.45, 7) is 4.82. The van der Waals surface area contributed by atoms with Crippen LogP contribution in [0.25, 0.3) is 11.3 Å². The Labute approximate surface area is 220 Å². The Morgan fingerprint density at radius 3 is 2.61 bits per heavy atom. The van der Waals surface area contributed by atoms with Crippen molar-refractivity contribution in [3.63, 3.8) is 0 Å². The molecule has 11 nitrogen and oxygen atoms in total. The number of aromatic nitrogens is 2. The first-order chi connectivity index (χ1) is 18.0. The van der Waals surface area contributed by atoms with Gasteiger partial charge in [-0.1, -0.05) is 0 Å². The zero-order chi connectivity index (χ0) is 27.4. The van der Waals surface area contributed by atoms with Crippen LogP contribution < -0.4 is 14.8 Å². The molecule has 0 saturated carbocycles. The number of hydrogen-bond donors (Lipinski definition) is 3. The van der Waals surface area contributed by atoms with Crippen molar-refractivity contribution in [1.29, 1.82) is 0 Å². The number of benzene rings is 1. The number of aliphatic hydroxyl groups is 1. The van der Waals surface area contributed by atoms with Crippen molar-refractivity contribution in [3.05, 3.63) is 54.4 Å². The summed E-state index contributed by atoms with van der Waals surface area (Å²) in [5.41, 5.74) is 1.53. The number of sulfone groups is 1. The minimum Gasteiger partial charge on any atom is -0.480 e. The molecule has 1 unspecified atom stereocenters. The maximum Gasteiger partial charge on any atom is 0.267 e. The van der Waals surface area contributed by atoms with Crippen LogP contribution in [0.3, 0.4) is 0 Å². The fourth-order valence-corrected chi connectivity index (χ4v) is 4.53. The molecule has 0 spiro atoms. The molecular formula is C26H30N4O7S. The van der Waals surface area contributed by atoms with E-state index in [0.29, 0.717) is 53.7 Å². The summed E-state index contributed by atoms with van der Waals surface area (Å²) in [4.78, 5) is 33.7. The molecule has 1 fully saturated rings. The lowest BCUT2D eigenvalue weighted by Gasteiger charge is -2.16. The molecule has 3 aromatic rings. The summed E-state index contributed by atoms with van der Waals surface area (Å²) in [5.74, 6) is 0.606. The molecule has 0 radical (unpaired) electrons. The number of ether oxygens (including phenoxy) is 2. The molecule has 3 N–H and O–H groups in total. The zero-order valence-electron chi connectivity index (χ0n) is 21.3. The van der Waals surface area contributed by atoms with Crippen molar-refractivity contribution in [1.82, 2.24) is 20.2 Å². The van der Waals surface area contributed by atoms with Crippen molar-refractivity contribution in [2.45, 2.75) is 37.5 Å². The van der Waals surface area contributed by atoms with E-state index in [9.17, 15) is 23.1 Å². The summed E-state index contributed by atoms with van der Waals surface area (Å²) in [5, 5.41) is 12.0. The molecule has 2 amide bonds. The number of nitrogens with zero attached hydrogens (tertiary/aromatic N) is 2. The SMILES string of the molecule is CCN1CCC(Oc2cc(Oc3ccc(S(C)(=O)=O)nc3)cc(-c3ccc(C(=O)NC[C@@H](C)O)[nH]3)c2)C1=O. The van der Waals surface area contributed by atoms with Gasteiger partial charge in [-0.05, 0) is 50.2 Å². The van der Waals surface area contributed by atoms with Crippen LogP contribution in [0.15, 0.2) is 53.7 Å². The van der Waals surface area contributed by atoms with Crippen LogP contribution in [0.2, 0.25) is 0 Å². The van der Waals surface area contributed by atoms with Gasteiger partial charge in [0, 0.05) is 49.6 Å². The van der Waals surface area contributed by atoms with Crippen molar-refractivity contribution < 1.29 is 32.6 Å². The van der Waals surface area contributed by atoms with Crippen LogP contribution in [-0.4, -0.2) is 78.3 Å². The molecular weight excluding hydrogens is 512 g/mol. The largest absolute Gasteiger partial charge is 0.480 e. The second-order valence-electron chi connectivity index (χ2n) is 9.06. The van der Waals surface area contributed by atoms with Crippen molar-refractivity contribution in [2.75, 3.05) is 25.9 Å². The molecule has 1 saturated heterocycles. The molecule has 0 aliphatic carbocycles. The number of amides is 2. The summed E-state index contributed by atoms with van der Waals surface area (Å²) < 4.78 is 35.4. The Balaban J connectivity index is 1.63. The minimum atomic E-state index is -3.45. The van der Waals surface area contributed by atoms with E-state index in [0.717, 1.165) is 6.26 Å². The number of nitrogens with one attached hydrogen (secondary N) is 2. The monoisotopic (exact) mass is 542 g/mol. The van der Waals surface area contributed by atoms with Crippen LogP contribution in [0, 0.1) is 0 Å². The van der Waals surface area contributed by atoms with Crippen molar-refractivity contribution in [2.24, 2.45) is 0 Å². The first kappa shape index (κ1) is 27.1. The quantitative estimate of drug-likeness (QED) is 0.353. The van der Waals surface area contributed by atoms with Gasteiger partial charge in [-0.2, -0.15) is 0 Å². The molecule has 2 atom stereocenters. The average molecular weight is 543 g/mol. The van der Waals surface area contributed by atoms with Crippen LogP contribution in [0.4, 0.5) is 0 Å². The number of carbonyl (C=O) groups is 2. The number of hydrogen-bond acceptors (Lipinski definition) is 8. The zero-order valence-corrected chi connectivity index (χ0v) is 22.1. The average Bonchev–Trinajstić information content (AvgIpc) is 3.50. The van der Waals surface area contributed by atoms with Gasteiger partial charge in [-0.25, -0.2) is 13.4 Å². The first-order valence-corrected chi connectivity index (χ1v) is 14.0. The molecule has 2 aromatic heterocycles. The second-order valence-corrected chi connectivity index (χ2v) is 11.0. The molecule has 38 heavy (non-hydrogen) atoms. The highest BCUT2D eigenvalue weighted by Crippen LogP contribution is 2.33. The van der Waals surface area contributed by atoms with E-state index >= 15 is 0 Å². The van der Waals surface area contributed by atoms with E-state index in [1.807, 2.05) is 6.92 Å². The van der Waals surface area contributed by atoms with Gasteiger partial charge in [0.2, 0.25) is 0 Å². The maximum absolute atomic E-state index is 12.6. The summed E-state index contributed by atoms with van der Waals surface area (Å²) in [6.07, 6.45) is 1.63. The van der Waals surface area contributed by atoms with Gasteiger partial charge in [0.25, 0.3) is 11.8 Å². The molecule has 4 rings (SSSR count).